The van der Waals surface area contributed by atoms with E-state index < -0.39 is 0 Å². The summed E-state index contributed by atoms with van der Waals surface area (Å²) in [6.45, 7) is 3.25. The third-order valence-corrected chi connectivity index (χ3v) is 6.28. The first-order valence-corrected chi connectivity index (χ1v) is 12.0. The van der Waals surface area contributed by atoms with E-state index in [2.05, 4.69) is 52.4 Å². The van der Waals surface area contributed by atoms with Crippen LogP contribution >= 0.6 is 0 Å². The van der Waals surface area contributed by atoms with Crippen molar-refractivity contribution in [1.82, 2.24) is 19.9 Å². The topological polar surface area (TPSA) is 68.2 Å². The number of ether oxygens (including phenoxy) is 1. The van der Waals surface area contributed by atoms with Crippen molar-refractivity contribution in [3.8, 4) is 11.6 Å². The number of carbonyl (C=O) groups is 1. The Morgan fingerprint density at radius 1 is 1.00 bits per heavy atom. The van der Waals surface area contributed by atoms with Crippen molar-refractivity contribution in [2.45, 2.75) is 32.1 Å². The van der Waals surface area contributed by atoms with E-state index in [1.165, 1.54) is 5.56 Å². The molecule has 5 rings (SSSR count). The number of piperidine rings is 1. The highest BCUT2D eigenvalue weighted by Gasteiger charge is 2.28. The average Bonchev–Trinajstić information content (AvgIpc) is 2.91. The molecule has 0 aliphatic carbocycles. The summed E-state index contributed by atoms with van der Waals surface area (Å²) in [6.07, 6.45) is 6.02. The molecule has 3 aromatic heterocycles. The molecule has 176 valence electrons. The maximum absolute atomic E-state index is 13.5. The van der Waals surface area contributed by atoms with Gasteiger partial charge < -0.3 is 9.64 Å². The van der Waals surface area contributed by atoms with Gasteiger partial charge >= 0.3 is 0 Å². The Hall–Kier alpha value is -4.06. The van der Waals surface area contributed by atoms with Crippen LogP contribution in [0.3, 0.4) is 0 Å². The van der Waals surface area contributed by atoms with Crippen molar-refractivity contribution in [2.24, 2.45) is 0 Å². The van der Waals surface area contributed by atoms with E-state index in [1.807, 2.05) is 30.0 Å². The summed E-state index contributed by atoms with van der Waals surface area (Å²) in [5, 5.41) is 0. The van der Waals surface area contributed by atoms with Gasteiger partial charge in [0.25, 0.3) is 5.91 Å². The number of aromatic nitrogens is 3. The average molecular weight is 465 g/mol. The van der Waals surface area contributed by atoms with Crippen LogP contribution in [-0.4, -0.2) is 38.8 Å². The second-order valence-electron chi connectivity index (χ2n) is 8.90. The number of aryl methyl sites for hydroxylation is 1. The predicted octanol–water partition coefficient (Wildman–Crippen LogP) is 5.58. The molecule has 0 N–H and O–H groups in total. The van der Waals surface area contributed by atoms with Gasteiger partial charge in [0.1, 0.15) is 11.3 Å². The highest BCUT2D eigenvalue weighted by Crippen LogP contribution is 2.29. The zero-order valence-electron chi connectivity index (χ0n) is 19.8. The van der Waals surface area contributed by atoms with Crippen LogP contribution in [0.15, 0.2) is 85.2 Å². The molecule has 4 aromatic rings. The molecule has 0 radical (unpaired) electrons. The number of nitrogens with zero attached hydrogens (tertiary/aromatic N) is 4. The van der Waals surface area contributed by atoms with E-state index >= 15 is 0 Å². The largest absolute Gasteiger partial charge is 0.437 e. The summed E-state index contributed by atoms with van der Waals surface area (Å²) in [4.78, 5) is 29.0. The van der Waals surface area contributed by atoms with E-state index in [0.717, 1.165) is 36.3 Å². The van der Waals surface area contributed by atoms with E-state index in [-0.39, 0.29) is 11.8 Å². The minimum atomic E-state index is -0.0710. The summed E-state index contributed by atoms with van der Waals surface area (Å²) in [5.74, 6) is 0.983. The highest BCUT2D eigenvalue weighted by atomic mass is 16.5. The molecular weight excluding hydrogens is 436 g/mol. The van der Waals surface area contributed by atoms with Gasteiger partial charge in [0.05, 0.1) is 6.20 Å². The quantitative estimate of drug-likeness (QED) is 0.372. The van der Waals surface area contributed by atoms with Crippen molar-refractivity contribution in [2.75, 3.05) is 13.1 Å². The minimum absolute atomic E-state index is 0.0710. The van der Waals surface area contributed by atoms with Gasteiger partial charge in [-0.15, -0.1) is 0 Å². The van der Waals surface area contributed by atoms with E-state index in [0.29, 0.717) is 30.3 Å². The molecule has 1 fully saturated rings. The van der Waals surface area contributed by atoms with E-state index in [1.54, 1.807) is 24.5 Å². The zero-order chi connectivity index (χ0) is 24.0. The molecule has 1 saturated heterocycles. The smallest absolute Gasteiger partial charge is 0.259 e. The Bertz CT molecular complexity index is 1290. The summed E-state index contributed by atoms with van der Waals surface area (Å²) in [7, 11) is 0. The number of pyridine rings is 3. The third-order valence-electron chi connectivity index (χ3n) is 6.28. The second-order valence-corrected chi connectivity index (χ2v) is 8.90. The minimum Gasteiger partial charge on any atom is -0.437 e. The highest BCUT2D eigenvalue weighted by molar-refractivity contribution is 5.96. The third kappa shape index (κ3) is 5.54. The van der Waals surface area contributed by atoms with Crippen molar-refractivity contribution >= 4 is 5.91 Å². The van der Waals surface area contributed by atoms with Gasteiger partial charge in [0, 0.05) is 48.7 Å². The summed E-state index contributed by atoms with van der Waals surface area (Å²) in [5.41, 5.74) is 4.69. The zero-order valence-corrected chi connectivity index (χ0v) is 19.8. The van der Waals surface area contributed by atoms with Crippen LogP contribution in [0.4, 0.5) is 0 Å². The first-order valence-electron chi connectivity index (χ1n) is 12.0. The van der Waals surface area contributed by atoms with Crippen molar-refractivity contribution < 1.29 is 9.53 Å². The Labute approximate surface area is 205 Å². The first kappa shape index (κ1) is 22.7. The van der Waals surface area contributed by atoms with Crippen molar-refractivity contribution in [1.29, 1.82) is 0 Å². The monoisotopic (exact) mass is 464 g/mol. The molecule has 0 spiro atoms. The van der Waals surface area contributed by atoms with Crippen LogP contribution < -0.4 is 4.74 Å². The fourth-order valence-electron chi connectivity index (χ4n) is 4.46. The molecule has 1 aromatic carbocycles. The van der Waals surface area contributed by atoms with Gasteiger partial charge in [-0.2, -0.15) is 0 Å². The first-order chi connectivity index (χ1) is 17.2. The lowest BCUT2D eigenvalue weighted by Gasteiger charge is -2.33. The number of rotatable bonds is 6. The second kappa shape index (κ2) is 10.5. The number of likely N-dealkylation sites (tertiary alicyclic amines) is 1. The Morgan fingerprint density at radius 2 is 1.89 bits per heavy atom. The number of carbonyl (C=O) groups excluding carboxylic acids is 1. The Kier molecular flexibility index (Phi) is 6.80. The number of hydrogen-bond donors (Lipinski definition) is 0. The van der Waals surface area contributed by atoms with Crippen LogP contribution in [0, 0.1) is 6.92 Å². The van der Waals surface area contributed by atoms with Crippen molar-refractivity contribution in [3.05, 3.63) is 113 Å². The fourth-order valence-corrected chi connectivity index (χ4v) is 4.46. The molecule has 6 nitrogen and oxygen atoms in total. The summed E-state index contributed by atoms with van der Waals surface area (Å²) in [6, 6.07) is 23.8. The van der Waals surface area contributed by atoms with Gasteiger partial charge in [-0.05, 0) is 61.7 Å². The van der Waals surface area contributed by atoms with Crippen LogP contribution in [0.2, 0.25) is 0 Å². The predicted molar refractivity (Wildman–Crippen MR) is 135 cm³/mol. The van der Waals surface area contributed by atoms with Gasteiger partial charge in [-0.3, -0.25) is 14.8 Å². The van der Waals surface area contributed by atoms with Gasteiger partial charge in [-0.25, -0.2) is 4.98 Å². The molecule has 1 aliphatic rings. The molecule has 1 atom stereocenters. The summed E-state index contributed by atoms with van der Waals surface area (Å²) < 4.78 is 5.93. The maximum atomic E-state index is 13.5. The number of benzene rings is 1. The molecule has 4 heterocycles. The molecule has 0 saturated carbocycles. The lowest BCUT2D eigenvalue weighted by Crippen LogP contribution is -2.39. The molecule has 6 heteroatoms. The molecule has 35 heavy (non-hydrogen) atoms. The lowest BCUT2D eigenvalue weighted by atomic mass is 9.93. The Morgan fingerprint density at radius 3 is 2.71 bits per heavy atom. The maximum Gasteiger partial charge on any atom is 0.259 e. The molecule has 1 amide bonds. The van der Waals surface area contributed by atoms with Gasteiger partial charge in [0.2, 0.25) is 5.88 Å². The van der Waals surface area contributed by atoms with Crippen LogP contribution in [0.1, 0.15) is 51.8 Å². The van der Waals surface area contributed by atoms with Crippen LogP contribution in [0.5, 0.6) is 11.6 Å². The standard InChI is InChI=1S/C29H28N4O2/c1-21-14-15-25(19-31-21)35-28-26(12-6-16-30-28)29(34)33-17-7-10-23(20-33)27-13-5-11-24(32-27)18-22-8-3-2-4-9-22/h2-6,8-9,11-16,19,23H,7,10,17-18,20H2,1H3. The summed E-state index contributed by atoms with van der Waals surface area (Å²) >= 11 is 0. The normalized spacial score (nSPS) is 15.6. The molecular formula is C29H28N4O2. The van der Waals surface area contributed by atoms with Crippen LogP contribution in [0.25, 0.3) is 0 Å². The van der Waals surface area contributed by atoms with Gasteiger partial charge in [0.15, 0.2) is 0 Å². The fraction of sp³-hybridized carbons (Fsp3) is 0.241. The van der Waals surface area contributed by atoms with Gasteiger partial charge in [-0.1, -0.05) is 36.4 Å². The SMILES string of the molecule is Cc1ccc(Oc2ncccc2C(=O)N2CCCC(c3cccc(Cc4ccccc4)n3)C2)cn1. The number of amides is 1. The Balaban J connectivity index is 1.31. The lowest BCUT2D eigenvalue weighted by molar-refractivity contribution is 0.0702. The molecule has 1 aliphatic heterocycles. The molecule has 0 bridgehead atoms. The van der Waals surface area contributed by atoms with Crippen LogP contribution in [-0.2, 0) is 6.42 Å². The van der Waals surface area contributed by atoms with Crippen molar-refractivity contribution in [3.63, 3.8) is 0 Å². The number of hydrogen-bond acceptors (Lipinski definition) is 5. The van der Waals surface area contributed by atoms with E-state index in [9.17, 15) is 4.79 Å². The molecule has 1 unspecified atom stereocenters. The van der Waals surface area contributed by atoms with E-state index in [4.69, 9.17) is 9.72 Å².